The van der Waals surface area contributed by atoms with Gasteiger partial charge in [-0.15, -0.1) is 0 Å². The first-order valence-electron chi connectivity index (χ1n) is 12.6. The summed E-state index contributed by atoms with van der Waals surface area (Å²) in [4.78, 5) is 32.3. The molecule has 2 N–H and O–H groups in total. The maximum absolute atomic E-state index is 13.8. The van der Waals surface area contributed by atoms with Gasteiger partial charge in [0.05, 0.1) is 0 Å². The summed E-state index contributed by atoms with van der Waals surface area (Å²) in [5, 5.41) is 6.41. The fourth-order valence-corrected chi connectivity index (χ4v) is 5.06. The van der Waals surface area contributed by atoms with Crippen LogP contribution >= 0.6 is 0 Å². The Morgan fingerprint density at radius 3 is 2.57 bits per heavy atom. The zero-order chi connectivity index (χ0) is 26.2. The number of likely N-dealkylation sites (N-methyl/N-ethyl adjacent to an activating group) is 1. The molecular formula is C30H32N4O3. The standard InChI is InChI=1S/C30H32N4O3/c1-19(2)18-32-27(35)23-12-8-11-21(15-23)22-13-14-25-24(16-22)30(28(36)34(4)29(31-3)33-30)17-26(37-25)20-9-6-5-7-10-20/h5-16,19,26H,17-18H2,1-4H3,(H,31,33)(H,32,35). The molecular weight excluding hydrogens is 464 g/mol. The van der Waals surface area contributed by atoms with Crippen LogP contribution in [0.2, 0.25) is 0 Å². The smallest absolute Gasteiger partial charge is 0.259 e. The van der Waals surface area contributed by atoms with Crippen molar-refractivity contribution >= 4 is 17.8 Å². The summed E-state index contributed by atoms with van der Waals surface area (Å²) < 4.78 is 6.45. The molecule has 37 heavy (non-hydrogen) atoms. The number of guanidine groups is 1. The third-order valence-corrected chi connectivity index (χ3v) is 7.02. The van der Waals surface area contributed by atoms with Crippen molar-refractivity contribution in [2.75, 3.05) is 20.6 Å². The highest BCUT2D eigenvalue weighted by molar-refractivity contribution is 6.09. The highest BCUT2D eigenvalue weighted by Crippen LogP contribution is 2.48. The third kappa shape index (κ3) is 4.46. The van der Waals surface area contributed by atoms with Crippen molar-refractivity contribution in [2.24, 2.45) is 10.9 Å². The molecule has 1 fully saturated rings. The van der Waals surface area contributed by atoms with Crippen LogP contribution in [0.1, 0.15) is 47.9 Å². The van der Waals surface area contributed by atoms with Crippen LogP contribution in [-0.2, 0) is 10.3 Å². The SMILES string of the molecule is CN=C1NC2(CC(c3ccccc3)Oc3ccc(-c4cccc(C(=O)NCC(C)C)c4)cc32)C(=O)N1C. The van der Waals surface area contributed by atoms with E-state index in [1.807, 2.05) is 72.8 Å². The lowest BCUT2D eigenvalue weighted by atomic mass is 9.79. The number of nitrogens with zero attached hydrogens (tertiary/aromatic N) is 2. The summed E-state index contributed by atoms with van der Waals surface area (Å²) in [6.07, 6.45) is 0.126. The van der Waals surface area contributed by atoms with Gasteiger partial charge in [0.15, 0.2) is 5.54 Å². The maximum Gasteiger partial charge on any atom is 0.259 e. The first-order chi connectivity index (χ1) is 17.8. The van der Waals surface area contributed by atoms with Crippen molar-refractivity contribution in [3.63, 3.8) is 0 Å². The monoisotopic (exact) mass is 496 g/mol. The molecule has 0 saturated carbocycles. The molecule has 2 atom stereocenters. The van der Waals surface area contributed by atoms with Gasteiger partial charge in [0.1, 0.15) is 11.9 Å². The molecule has 0 aromatic heterocycles. The summed E-state index contributed by atoms with van der Waals surface area (Å²) in [6.45, 7) is 4.75. The Morgan fingerprint density at radius 2 is 1.86 bits per heavy atom. The Labute approximate surface area is 217 Å². The molecule has 3 aromatic rings. The van der Waals surface area contributed by atoms with Gasteiger partial charge in [0.25, 0.3) is 11.8 Å². The normalized spacial score (nSPS) is 21.6. The number of hydrogen-bond acceptors (Lipinski definition) is 4. The van der Waals surface area contributed by atoms with Gasteiger partial charge >= 0.3 is 0 Å². The second-order valence-electron chi connectivity index (χ2n) is 10.1. The van der Waals surface area contributed by atoms with Crippen LogP contribution in [-0.4, -0.2) is 43.3 Å². The van der Waals surface area contributed by atoms with Crippen molar-refractivity contribution in [1.82, 2.24) is 15.5 Å². The number of carbonyl (C=O) groups excluding carboxylic acids is 2. The van der Waals surface area contributed by atoms with E-state index >= 15 is 0 Å². The minimum absolute atomic E-state index is 0.0717. The van der Waals surface area contributed by atoms with Crippen molar-refractivity contribution in [3.05, 3.63) is 89.5 Å². The Bertz CT molecular complexity index is 1370. The predicted molar refractivity (Wildman–Crippen MR) is 144 cm³/mol. The molecule has 7 nitrogen and oxygen atoms in total. The Hall–Kier alpha value is -4.13. The molecule has 2 aliphatic rings. The van der Waals surface area contributed by atoms with Crippen molar-refractivity contribution in [1.29, 1.82) is 0 Å². The molecule has 3 aromatic carbocycles. The van der Waals surface area contributed by atoms with Gasteiger partial charge in [-0.1, -0.05) is 62.4 Å². The largest absolute Gasteiger partial charge is 0.485 e. The van der Waals surface area contributed by atoms with Crippen LogP contribution in [0, 0.1) is 5.92 Å². The number of fused-ring (bicyclic) bond motifs is 2. The summed E-state index contributed by atoms with van der Waals surface area (Å²) in [5.74, 6) is 1.38. The summed E-state index contributed by atoms with van der Waals surface area (Å²) in [5.41, 5.74) is 3.15. The Morgan fingerprint density at radius 1 is 1.11 bits per heavy atom. The molecule has 2 heterocycles. The highest BCUT2D eigenvalue weighted by atomic mass is 16.5. The molecule has 0 aliphatic carbocycles. The van der Waals surface area contributed by atoms with Crippen LogP contribution in [0.5, 0.6) is 5.75 Å². The van der Waals surface area contributed by atoms with Crippen LogP contribution in [0.25, 0.3) is 11.1 Å². The van der Waals surface area contributed by atoms with Crippen molar-refractivity contribution < 1.29 is 14.3 Å². The highest BCUT2D eigenvalue weighted by Gasteiger charge is 2.55. The fourth-order valence-electron chi connectivity index (χ4n) is 5.06. The van der Waals surface area contributed by atoms with E-state index in [9.17, 15) is 9.59 Å². The van der Waals surface area contributed by atoms with Crippen LogP contribution < -0.4 is 15.4 Å². The van der Waals surface area contributed by atoms with Crippen molar-refractivity contribution in [2.45, 2.75) is 31.9 Å². The molecule has 7 heteroatoms. The number of rotatable bonds is 5. The summed E-state index contributed by atoms with van der Waals surface area (Å²) in [6, 6.07) is 23.4. The molecule has 190 valence electrons. The third-order valence-electron chi connectivity index (χ3n) is 7.02. The number of benzene rings is 3. The number of hydrogen-bond donors (Lipinski definition) is 2. The van der Waals surface area contributed by atoms with E-state index in [0.717, 1.165) is 22.3 Å². The molecule has 1 spiro atoms. The fraction of sp³-hybridized carbons (Fsp3) is 0.300. The number of amides is 2. The van der Waals surface area contributed by atoms with Crippen LogP contribution in [0.4, 0.5) is 0 Å². The zero-order valence-corrected chi connectivity index (χ0v) is 21.6. The molecule has 2 unspecified atom stereocenters. The van der Waals surface area contributed by atoms with E-state index < -0.39 is 5.54 Å². The minimum atomic E-state index is -1.01. The second-order valence-corrected chi connectivity index (χ2v) is 10.1. The Kier molecular flexibility index (Phi) is 6.46. The minimum Gasteiger partial charge on any atom is -0.485 e. The van der Waals surface area contributed by atoms with Gasteiger partial charge in [0.2, 0.25) is 5.96 Å². The molecule has 2 aliphatic heterocycles. The predicted octanol–water partition coefficient (Wildman–Crippen LogP) is 4.51. The van der Waals surface area contributed by atoms with E-state index in [4.69, 9.17) is 4.74 Å². The number of nitrogens with one attached hydrogen (secondary N) is 2. The summed E-state index contributed by atoms with van der Waals surface area (Å²) in [7, 11) is 3.41. The zero-order valence-electron chi connectivity index (χ0n) is 21.6. The van der Waals surface area contributed by atoms with Gasteiger partial charge in [-0.3, -0.25) is 19.5 Å². The van der Waals surface area contributed by atoms with Gasteiger partial charge in [-0.05, 0) is 46.9 Å². The average Bonchev–Trinajstić information content (AvgIpc) is 3.17. The van der Waals surface area contributed by atoms with E-state index in [1.165, 1.54) is 0 Å². The van der Waals surface area contributed by atoms with E-state index in [0.29, 0.717) is 36.2 Å². The number of ether oxygens (including phenoxy) is 1. The van der Waals surface area contributed by atoms with Crippen molar-refractivity contribution in [3.8, 4) is 16.9 Å². The molecule has 0 bridgehead atoms. The first kappa shape index (κ1) is 24.6. The molecule has 2 amide bonds. The maximum atomic E-state index is 13.8. The van der Waals surface area contributed by atoms with Gasteiger partial charge in [-0.2, -0.15) is 0 Å². The lowest BCUT2D eigenvalue weighted by Gasteiger charge is -2.38. The van der Waals surface area contributed by atoms with Gasteiger partial charge in [-0.25, -0.2) is 0 Å². The van der Waals surface area contributed by atoms with Gasteiger partial charge in [0, 0.05) is 38.2 Å². The molecule has 0 radical (unpaired) electrons. The lowest BCUT2D eigenvalue weighted by Crippen LogP contribution is -2.48. The lowest BCUT2D eigenvalue weighted by molar-refractivity contribution is -0.132. The van der Waals surface area contributed by atoms with Crippen LogP contribution in [0.3, 0.4) is 0 Å². The second kappa shape index (κ2) is 9.73. The average molecular weight is 497 g/mol. The van der Waals surface area contributed by atoms with Crippen LogP contribution in [0.15, 0.2) is 77.8 Å². The number of aliphatic imine (C=N–C) groups is 1. The van der Waals surface area contributed by atoms with Gasteiger partial charge < -0.3 is 15.4 Å². The summed E-state index contributed by atoms with van der Waals surface area (Å²) >= 11 is 0. The number of carbonyl (C=O) groups is 2. The molecule has 1 saturated heterocycles. The van der Waals surface area contributed by atoms with E-state index in [1.54, 1.807) is 19.0 Å². The topological polar surface area (TPSA) is 83.0 Å². The van der Waals surface area contributed by atoms with E-state index in [-0.39, 0.29) is 17.9 Å². The Balaban J connectivity index is 1.57. The molecule has 5 rings (SSSR count). The van der Waals surface area contributed by atoms with E-state index in [2.05, 4.69) is 29.5 Å². The quantitative estimate of drug-likeness (QED) is 0.545. The first-order valence-corrected chi connectivity index (χ1v) is 12.6.